The molecule has 1 N–H and O–H groups in total. The number of carbonyl (C=O) groups excluding carboxylic acids is 1. The van der Waals surface area contributed by atoms with E-state index in [4.69, 9.17) is 0 Å². The zero-order chi connectivity index (χ0) is 15.0. The van der Waals surface area contributed by atoms with Crippen molar-refractivity contribution in [2.45, 2.75) is 12.1 Å². The van der Waals surface area contributed by atoms with Gasteiger partial charge in [-0.05, 0) is 6.92 Å². The SMILES string of the molecule is CNC(=O)CSc1nnc(-c2c(C)nc3sccn23)n1C. The van der Waals surface area contributed by atoms with Gasteiger partial charge in [0, 0.05) is 25.7 Å². The van der Waals surface area contributed by atoms with Crippen molar-refractivity contribution in [1.82, 2.24) is 29.5 Å². The van der Waals surface area contributed by atoms with Gasteiger partial charge in [0.15, 0.2) is 15.9 Å². The average Bonchev–Trinajstić information content (AvgIpc) is 3.12. The molecule has 0 aliphatic rings. The number of rotatable bonds is 4. The van der Waals surface area contributed by atoms with Crippen LogP contribution in [-0.4, -0.2) is 42.9 Å². The summed E-state index contributed by atoms with van der Waals surface area (Å²) in [6.45, 7) is 1.96. The summed E-state index contributed by atoms with van der Waals surface area (Å²) >= 11 is 2.94. The first-order valence-electron chi connectivity index (χ1n) is 6.27. The molecule has 21 heavy (non-hydrogen) atoms. The van der Waals surface area contributed by atoms with Crippen molar-refractivity contribution < 1.29 is 4.79 Å². The Hall–Kier alpha value is -1.87. The molecule has 0 aromatic carbocycles. The number of aryl methyl sites for hydroxylation is 1. The van der Waals surface area contributed by atoms with Gasteiger partial charge in [-0.25, -0.2) is 4.98 Å². The zero-order valence-electron chi connectivity index (χ0n) is 11.8. The highest BCUT2D eigenvalue weighted by Crippen LogP contribution is 2.27. The molecular weight excluding hydrogens is 308 g/mol. The molecule has 9 heteroatoms. The number of aromatic nitrogens is 5. The van der Waals surface area contributed by atoms with E-state index < -0.39 is 0 Å². The maximum atomic E-state index is 11.3. The van der Waals surface area contributed by atoms with Gasteiger partial charge in [-0.1, -0.05) is 11.8 Å². The lowest BCUT2D eigenvalue weighted by molar-refractivity contribution is -0.118. The number of nitrogens with one attached hydrogen (secondary N) is 1. The van der Waals surface area contributed by atoms with Crippen LogP contribution in [0.3, 0.4) is 0 Å². The van der Waals surface area contributed by atoms with Crippen LogP contribution in [0.1, 0.15) is 5.69 Å². The van der Waals surface area contributed by atoms with Crippen LogP contribution in [0.25, 0.3) is 16.5 Å². The number of hydrogen-bond acceptors (Lipinski definition) is 6. The average molecular weight is 322 g/mol. The summed E-state index contributed by atoms with van der Waals surface area (Å²) in [6, 6.07) is 0. The lowest BCUT2D eigenvalue weighted by Gasteiger charge is -2.03. The summed E-state index contributed by atoms with van der Waals surface area (Å²) in [5.74, 6) is 1.03. The van der Waals surface area contributed by atoms with Gasteiger partial charge in [0.25, 0.3) is 0 Å². The van der Waals surface area contributed by atoms with Crippen molar-refractivity contribution in [2.24, 2.45) is 7.05 Å². The highest BCUT2D eigenvalue weighted by molar-refractivity contribution is 7.99. The maximum absolute atomic E-state index is 11.3. The van der Waals surface area contributed by atoms with Gasteiger partial charge in [0.2, 0.25) is 5.91 Å². The van der Waals surface area contributed by atoms with Crippen LogP contribution in [0.15, 0.2) is 16.7 Å². The third-order valence-corrected chi connectivity index (χ3v) is 4.87. The van der Waals surface area contributed by atoms with Crippen molar-refractivity contribution in [2.75, 3.05) is 12.8 Å². The van der Waals surface area contributed by atoms with Crippen LogP contribution in [0.2, 0.25) is 0 Å². The van der Waals surface area contributed by atoms with E-state index in [-0.39, 0.29) is 5.91 Å². The van der Waals surface area contributed by atoms with Crippen molar-refractivity contribution in [3.8, 4) is 11.5 Å². The molecule has 3 heterocycles. The summed E-state index contributed by atoms with van der Waals surface area (Å²) in [7, 11) is 3.51. The molecule has 0 aliphatic carbocycles. The summed E-state index contributed by atoms with van der Waals surface area (Å²) in [5.41, 5.74) is 1.85. The number of nitrogens with zero attached hydrogens (tertiary/aromatic N) is 5. The van der Waals surface area contributed by atoms with Crippen molar-refractivity contribution in [3.05, 3.63) is 17.3 Å². The van der Waals surface area contributed by atoms with Crippen molar-refractivity contribution >= 4 is 34.0 Å². The van der Waals surface area contributed by atoms with E-state index in [0.29, 0.717) is 10.9 Å². The highest BCUT2D eigenvalue weighted by atomic mass is 32.2. The first-order chi connectivity index (χ1) is 10.1. The van der Waals surface area contributed by atoms with Gasteiger partial charge in [0.05, 0.1) is 11.4 Å². The standard InChI is InChI=1S/C12H14N6OS2/c1-7-9(18-4-5-20-11(18)14-7)10-15-16-12(17(10)3)21-6-8(19)13-2/h4-5H,6H2,1-3H3,(H,13,19). The number of amides is 1. The van der Waals surface area contributed by atoms with Gasteiger partial charge >= 0.3 is 0 Å². The minimum absolute atomic E-state index is 0.0368. The molecule has 110 valence electrons. The normalized spacial score (nSPS) is 11.2. The summed E-state index contributed by atoms with van der Waals surface area (Å²) in [5, 5.41) is 13.7. The van der Waals surface area contributed by atoms with Crippen LogP contribution in [0.4, 0.5) is 0 Å². The molecule has 0 spiro atoms. The molecule has 0 radical (unpaired) electrons. The molecule has 0 aliphatic heterocycles. The number of thioether (sulfide) groups is 1. The van der Waals surface area contributed by atoms with Gasteiger partial charge in [-0.2, -0.15) is 0 Å². The number of carbonyl (C=O) groups is 1. The minimum atomic E-state index is -0.0368. The second-order valence-electron chi connectivity index (χ2n) is 4.43. The topological polar surface area (TPSA) is 77.1 Å². The molecular formula is C12H14N6OS2. The van der Waals surface area contributed by atoms with Crippen LogP contribution in [0.5, 0.6) is 0 Å². The summed E-state index contributed by atoms with van der Waals surface area (Å²) in [4.78, 5) is 16.8. The fourth-order valence-corrected chi connectivity index (χ4v) is 3.56. The molecule has 3 aromatic rings. The Morgan fingerprint density at radius 2 is 2.29 bits per heavy atom. The van der Waals surface area contributed by atoms with Crippen LogP contribution < -0.4 is 5.32 Å². The molecule has 0 atom stereocenters. The minimum Gasteiger partial charge on any atom is -0.358 e. The molecule has 0 saturated heterocycles. The van der Waals surface area contributed by atoms with Crippen LogP contribution in [-0.2, 0) is 11.8 Å². The second-order valence-corrected chi connectivity index (χ2v) is 6.24. The second kappa shape index (κ2) is 5.49. The van der Waals surface area contributed by atoms with Crippen LogP contribution in [0, 0.1) is 6.92 Å². The third kappa shape index (κ3) is 2.42. The lowest BCUT2D eigenvalue weighted by atomic mass is 10.3. The van der Waals surface area contributed by atoms with Crippen LogP contribution >= 0.6 is 23.1 Å². The monoisotopic (exact) mass is 322 g/mol. The number of thiazole rings is 1. The van der Waals surface area contributed by atoms with Crippen molar-refractivity contribution in [3.63, 3.8) is 0 Å². The quantitative estimate of drug-likeness (QED) is 0.734. The Bertz CT molecular complexity index is 802. The number of hydrogen-bond donors (Lipinski definition) is 1. The van der Waals surface area contributed by atoms with E-state index >= 15 is 0 Å². The molecule has 0 saturated carbocycles. The fraction of sp³-hybridized carbons (Fsp3) is 0.333. The molecule has 0 bridgehead atoms. The smallest absolute Gasteiger partial charge is 0.230 e. The largest absolute Gasteiger partial charge is 0.358 e. The lowest BCUT2D eigenvalue weighted by Crippen LogP contribution is -2.20. The van der Waals surface area contributed by atoms with E-state index in [9.17, 15) is 4.79 Å². The van der Waals surface area contributed by atoms with Gasteiger partial charge in [0.1, 0.15) is 5.69 Å². The predicted octanol–water partition coefficient (Wildman–Crippen LogP) is 1.34. The molecule has 7 nitrogen and oxygen atoms in total. The van der Waals surface area contributed by atoms with Crippen molar-refractivity contribution in [1.29, 1.82) is 0 Å². The molecule has 3 rings (SSSR count). The van der Waals surface area contributed by atoms with E-state index in [0.717, 1.165) is 22.2 Å². The summed E-state index contributed by atoms with van der Waals surface area (Å²) in [6.07, 6.45) is 1.97. The number of fused-ring (bicyclic) bond motifs is 1. The molecule has 0 fully saturated rings. The highest BCUT2D eigenvalue weighted by Gasteiger charge is 2.19. The maximum Gasteiger partial charge on any atom is 0.230 e. The number of imidazole rings is 1. The van der Waals surface area contributed by atoms with E-state index in [2.05, 4.69) is 20.5 Å². The Morgan fingerprint density at radius 1 is 1.48 bits per heavy atom. The Balaban J connectivity index is 1.96. The molecule has 1 amide bonds. The van der Waals surface area contributed by atoms with E-state index in [1.54, 1.807) is 18.4 Å². The first kappa shape index (κ1) is 14.1. The van der Waals surface area contributed by atoms with E-state index in [1.165, 1.54) is 11.8 Å². The van der Waals surface area contributed by atoms with Gasteiger partial charge in [-0.3, -0.25) is 9.20 Å². The van der Waals surface area contributed by atoms with Gasteiger partial charge < -0.3 is 9.88 Å². The Kier molecular flexibility index (Phi) is 3.68. The summed E-state index contributed by atoms with van der Waals surface area (Å²) < 4.78 is 3.90. The van der Waals surface area contributed by atoms with Gasteiger partial charge in [-0.15, -0.1) is 21.5 Å². The zero-order valence-corrected chi connectivity index (χ0v) is 13.5. The fourth-order valence-electron chi connectivity index (χ4n) is 2.01. The predicted molar refractivity (Wildman–Crippen MR) is 82.6 cm³/mol. The Labute approximate surface area is 129 Å². The Morgan fingerprint density at radius 3 is 3.05 bits per heavy atom. The van der Waals surface area contributed by atoms with E-state index in [1.807, 2.05) is 34.5 Å². The first-order valence-corrected chi connectivity index (χ1v) is 8.13. The molecule has 3 aromatic heterocycles. The molecule has 0 unspecified atom stereocenters. The third-order valence-electron chi connectivity index (χ3n) is 3.09.